The molecule has 0 aliphatic heterocycles. The molecular weight excluding hydrogens is 220 g/mol. The van der Waals surface area contributed by atoms with Crippen molar-refractivity contribution in [3.8, 4) is 0 Å². The lowest BCUT2D eigenvalue weighted by Gasteiger charge is -2.04. The standard InChI is InChI=1S/C9H13ClN2OS/c1-3-4-12-9(7(10)5-11-12)8(13)6-14-2/h5H,3-4,6H2,1-2H3. The van der Waals surface area contributed by atoms with E-state index < -0.39 is 0 Å². The first-order valence-electron chi connectivity index (χ1n) is 4.44. The van der Waals surface area contributed by atoms with E-state index >= 15 is 0 Å². The van der Waals surface area contributed by atoms with Crippen molar-refractivity contribution in [3.63, 3.8) is 0 Å². The highest BCUT2D eigenvalue weighted by Crippen LogP contribution is 2.17. The lowest BCUT2D eigenvalue weighted by Crippen LogP contribution is -2.12. The minimum absolute atomic E-state index is 0.0495. The predicted molar refractivity (Wildman–Crippen MR) is 60.2 cm³/mol. The molecule has 0 unspecified atom stereocenters. The van der Waals surface area contributed by atoms with Gasteiger partial charge in [0.1, 0.15) is 5.69 Å². The van der Waals surface area contributed by atoms with Crippen LogP contribution in [-0.2, 0) is 6.54 Å². The van der Waals surface area contributed by atoms with Crippen LogP contribution in [0.5, 0.6) is 0 Å². The van der Waals surface area contributed by atoms with E-state index in [4.69, 9.17) is 11.6 Å². The van der Waals surface area contributed by atoms with E-state index in [-0.39, 0.29) is 5.78 Å². The van der Waals surface area contributed by atoms with Crippen molar-refractivity contribution in [1.29, 1.82) is 0 Å². The third-order valence-corrected chi connectivity index (χ3v) is 2.60. The van der Waals surface area contributed by atoms with Gasteiger partial charge in [0.05, 0.1) is 17.0 Å². The van der Waals surface area contributed by atoms with Crippen LogP contribution in [0, 0.1) is 0 Å². The zero-order valence-corrected chi connectivity index (χ0v) is 9.86. The summed E-state index contributed by atoms with van der Waals surface area (Å²) < 4.78 is 1.68. The quantitative estimate of drug-likeness (QED) is 0.732. The number of Topliss-reactive ketones (excluding diaryl/α,β-unsaturated/α-hetero) is 1. The van der Waals surface area contributed by atoms with Crippen molar-refractivity contribution < 1.29 is 4.79 Å². The van der Waals surface area contributed by atoms with Crippen molar-refractivity contribution in [2.75, 3.05) is 12.0 Å². The van der Waals surface area contributed by atoms with Crippen LogP contribution in [0.1, 0.15) is 23.8 Å². The van der Waals surface area contributed by atoms with Gasteiger partial charge in [0, 0.05) is 6.54 Å². The summed E-state index contributed by atoms with van der Waals surface area (Å²) in [6.45, 7) is 2.78. The molecule has 78 valence electrons. The van der Waals surface area contributed by atoms with Gasteiger partial charge >= 0.3 is 0 Å². The first-order valence-corrected chi connectivity index (χ1v) is 6.21. The molecule has 1 heterocycles. The monoisotopic (exact) mass is 232 g/mol. The number of thioether (sulfide) groups is 1. The Morgan fingerprint density at radius 3 is 3.00 bits per heavy atom. The van der Waals surface area contributed by atoms with Crippen LogP contribution in [0.25, 0.3) is 0 Å². The first-order chi connectivity index (χ1) is 6.70. The van der Waals surface area contributed by atoms with E-state index in [2.05, 4.69) is 5.10 Å². The molecule has 0 aliphatic carbocycles. The Bertz CT molecular complexity index is 325. The lowest BCUT2D eigenvalue weighted by atomic mass is 10.3. The molecule has 3 nitrogen and oxygen atoms in total. The zero-order valence-electron chi connectivity index (χ0n) is 8.29. The highest BCUT2D eigenvalue weighted by molar-refractivity contribution is 7.99. The molecule has 0 amide bonds. The van der Waals surface area contributed by atoms with Crippen LogP contribution in [0.4, 0.5) is 0 Å². The SMILES string of the molecule is CCCn1ncc(Cl)c1C(=O)CSC. The Hall–Kier alpha value is -0.480. The van der Waals surface area contributed by atoms with E-state index in [9.17, 15) is 4.79 Å². The molecule has 1 rings (SSSR count). The number of halogens is 1. The summed E-state index contributed by atoms with van der Waals surface area (Å²) in [4.78, 5) is 11.7. The average Bonchev–Trinajstić information content (AvgIpc) is 2.48. The van der Waals surface area contributed by atoms with E-state index in [1.54, 1.807) is 4.68 Å². The predicted octanol–water partition coefficient (Wildman–Crippen LogP) is 2.49. The number of aryl methyl sites for hydroxylation is 1. The van der Waals surface area contributed by atoms with Gasteiger partial charge in [0.15, 0.2) is 5.78 Å². The minimum Gasteiger partial charge on any atom is -0.291 e. The number of carbonyl (C=O) groups excluding carboxylic acids is 1. The maximum absolute atomic E-state index is 11.7. The average molecular weight is 233 g/mol. The second-order valence-electron chi connectivity index (χ2n) is 2.92. The van der Waals surface area contributed by atoms with E-state index in [1.165, 1.54) is 18.0 Å². The third kappa shape index (κ3) is 2.51. The summed E-state index contributed by atoms with van der Waals surface area (Å²) in [5, 5.41) is 4.52. The van der Waals surface area contributed by atoms with Gasteiger partial charge in [0.25, 0.3) is 0 Å². The van der Waals surface area contributed by atoms with Gasteiger partial charge in [-0.15, -0.1) is 0 Å². The molecule has 5 heteroatoms. The summed E-state index contributed by atoms with van der Waals surface area (Å²) in [6.07, 6.45) is 4.37. The normalized spacial score (nSPS) is 10.5. The number of aromatic nitrogens is 2. The molecular formula is C9H13ClN2OS. The number of nitrogens with zero attached hydrogens (tertiary/aromatic N) is 2. The highest BCUT2D eigenvalue weighted by Gasteiger charge is 2.15. The molecule has 1 aromatic heterocycles. The topological polar surface area (TPSA) is 34.9 Å². The summed E-state index contributed by atoms with van der Waals surface area (Å²) in [7, 11) is 0. The Morgan fingerprint density at radius 2 is 2.43 bits per heavy atom. The van der Waals surface area contributed by atoms with Gasteiger partial charge in [-0.3, -0.25) is 9.48 Å². The molecule has 0 saturated heterocycles. The Labute approximate surface area is 92.8 Å². The third-order valence-electron chi connectivity index (χ3n) is 1.77. The number of hydrogen-bond acceptors (Lipinski definition) is 3. The summed E-state index contributed by atoms with van der Waals surface area (Å²) >= 11 is 7.39. The molecule has 0 fully saturated rings. The van der Waals surface area contributed by atoms with Crippen LogP contribution in [-0.4, -0.2) is 27.6 Å². The Kier molecular flexibility index (Phi) is 4.48. The molecule has 0 bridgehead atoms. The maximum Gasteiger partial charge on any atom is 0.192 e. The fraction of sp³-hybridized carbons (Fsp3) is 0.556. The van der Waals surface area contributed by atoms with E-state index in [0.717, 1.165) is 13.0 Å². The molecule has 0 aliphatic rings. The Balaban J connectivity index is 2.92. The van der Waals surface area contributed by atoms with Crippen molar-refractivity contribution in [2.24, 2.45) is 0 Å². The molecule has 0 N–H and O–H groups in total. The number of hydrogen-bond donors (Lipinski definition) is 0. The zero-order chi connectivity index (χ0) is 10.6. The molecule has 0 radical (unpaired) electrons. The molecule has 0 saturated carbocycles. The lowest BCUT2D eigenvalue weighted by molar-refractivity contribution is 0.101. The van der Waals surface area contributed by atoms with Gasteiger partial charge in [-0.1, -0.05) is 18.5 Å². The van der Waals surface area contributed by atoms with Crippen LogP contribution in [0.3, 0.4) is 0 Å². The van der Waals surface area contributed by atoms with Crippen LogP contribution in [0.2, 0.25) is 5.02 Å². The van der Waals surface area contributed by atoms with Gasteiger partial charge in [-0.05, 0) is 12.7 Å². The molecule has 1 aromatic rings. The van der Waals surface area contributed by atoms with Crippen molar-refractivity contribution in [2.45, 2.75) is 19.9 Å². The summed E-state index contributed by atoms with van der Waals surface area (Å²) in [5.41, 5.74) is 0.544. The van der Waals surface area contributed by atoms with Crippen molar-refractivity contribution >= 4 is 29.1 Å². The van der Waals surface area contributed by atoms with Gasteiger partial charge in [0.2, 0.25) is 0 Å². The van der Waals surface area contributed by atoms with Gasteiger partial charge < -0.3 is 0 Å². The smallest absolute Gasteiger partial charge is 0.192 e. The summed E-state index contributed by atoms with van der Waals surface area (Å²) in [6, 6.07) is 0. The second-order valence-corrected chi connectivity index (χ2v) is 4.19. The second kappa shape index (κ2) is 5.41. The summed E-state index contributed by atoms with van der Waals surface area (Å²) in [5.74, 6) is 0.503. The Morgan fingerprint density at radius 1 is 1.71 bits per heavy atom. The number of rotatable bonds is 5. The number of ketones is 1. The first kappa shape index (κ1) is 11.6. The molecule has 0 atom stereocenters. The van der Waals surface area contributed by atoms with Gasteiger partial charge in [-0.2, -0.15) is 16.9 Å². The van der Waals surface area contributed by atoms with Crippen LogP contribution < -0.4 is 0 Å². The van der Waals surface area contributed by atoms with E-state index in [1.807, 2.05) is 13.2 Å². The fourth-order valence-electron chi connectivity index (χ4n) is 1.22. The van der Waals surface area contributed by atoms with Crippen LogP contribution >= 0.6 is 23.4 Å². The molecule has 0 spiro atoms. The fourth-order valence-corrected chi connectivity index (χ4v) is 1.87. The molecule has 14 heavy (non-hydrogen) atoms. The maximum atomic E-state index is 11.7. The molecule has 0 aromatic carbocycles. The van der Waals surface area contributed by atoms with Gasteiger partial charge in [-0.25, -0.2) is 0 Å². The largest absolute Gasteiger partial charge is 0.291 e. The van der Waals surface area contributed by atoms with Crippen molar-refractivity contribution in [3.05, 3.63) is 16.9 Å². The minimum atomic E-state index is 0.0495. The van der Waals surface area contributed by atoms with E-state index in [0.29, 0.717) is 16.5 Å². The number of carbonyl (C=O) groups is 1. The highest BCUT2D eigenvalue weighted by atomic mass is 35.5. The van der Waals surface area contributed by atoms with Crippen molar-refractivity contribution in [1.82, 2.24) is 9.78 Å². The van der Waals surface area contributed by atoms with Crippen LogP contribution in [0.15, 0.2) is 6.20 Å².